The Hall–Kier alpha value is -1.85. The minimum Gasteiger partial charge on any atom is -0.370 e. The van der Waals surface area contributed by atoms with E-state index < -0.39 is 0 Å². The second kappa shape index (κ2) is 5.20. The molecule has 0 saturated carbocycles. The van der Waals surface area contributed by atoms with Crippen LogP contribution < -0.4 is 16.0 Å². The molecule has 0 aliphatic carbocycles. The summed E-state index contributed by atoms with van der Waals surface area (Å²) in [5.41, 5.74) is 5.33. The van der Waals surface area contributed by atoms with Gasteiger partial charge >= 0.3 is 0 Å². The number of nitrogens with two attached hydrogens (primary N) is 1. The molecule has 1 aliphatic rings. The highest BCUT2D eigenvalue weighted by Crippen LogP contribution is 2.23. The number of carbonyl (C=O) groups is 1. The Bertz CT molecular complexity index is 448. The number of amides is 1. The molecule has 1 amide bonds. The van der Waals surface area contributed by atoms with E-state index in [2.05, 4.69) is 20.2 Å². The van der Waals surface area contributed by atoms with Crippen LogP contribution in [0.5, 0.6) is 0 Å². The van der Waals surface area contributed by atoms with E-state index in [9.17, 15) is 4.79 Å². The number of primary amides is 1. The summed E-state index contributed by atoms with van der Waals surface area (Å²) in [5.74, 6) is 2.12. The van der Waals surface area contributed by atoms with Crippen LogP contribution in [0.3, 0.4) is 0 Å². The van der Waals surface area contributed by atoms with Crippen LogP contribution in [0.4, 0.5) is 11.6 Å². The molecule has 1 saturated heterocycles. The lowest BCUT2D eigenvalue weighted by atomic mass is 10.1. The van der Waals surface area contributed by atoms with Gasteiger partial charge in [0.15, 0.2) is 0 Å². The van der Waals surface area contributed by atoms with Crippen molar-refractivity contribution in [2.45, 2.75) is 20.3 Å². The van der Waals surface area contributed by atoms with Crippen molar-refractivity contribution < 1.29 is 4.79 Å². The lowest BCUT2D eigenvalue weighted by Crippen LogP contribution is -2.27. The molecule has 98 valence electrons. The van der Waals surface area contributed by atoms with Crippen LogP contribution in [0.1, 0.15) is 19.2 Å². The number of nitrogens with one attached hydrogen (secondary N) is 1. The van der Waals surface area contributed by atoms with E-state index in [1.165, 1.54) is 0 Å². The van der Waals surface area contributed by atoms with E-state index in [1.54, 1.807) is 0 Å². The van der Waals surface area contributed by atoms with Crippen molar-refractivity contribution in [3.8, 4) is 0 Å². The maximum atomic E-state index is 11.2. The highest BCUT2D eigenvalue weighted by Gasteiger charge is 2.27. The quantitative estimate of drug-likeness (QED) is 0.813. The number of aromatic nitrogens is 2. The summed E-state index contributed by atoms with van der Waals surface area (Å²) in [7, 11) is 0. The van der Waals surface area contributed by atoms with Gasteiger partial charge in [-0.15, -0.1) is 0 Å². The molecule has 1 aromatic heterocycles. The second-order valence-corrected chi connectivity index (χ2v) is 4.52. The predicted octanol–water partition coefficient (Wildman–Crippen LogP) is 0.528. The van der Waals surface area contributed by atoms with Crippen LogP contribution in [-0.4, -0.2) is 35.5 Å². The van der Waals surface area contributed by atoms with E-state index in [4.69, 9.17) is 5.73 Å². The first-order valence-corrected chi connectivity index (χ1v) is 6.24. The van der Waals surface area contributed by atoms with E-state index in [0.717, 1.165) is 37.0 Å². The molecule has 2 heterocycles. The highest BCUT2D eigenvalue weighted by atomic mass is 16.1. The minimum atomic E-state index is -0.227. The topological polar surface area (TPSA) is 84.1 Å². The number of nitrogens with zero attached hydrogens (tertiary/aromatic N) is 3. The van der Waals surface area contributed by atoms with E-state index >= 15 is 0 Å². The lowest BCUT2D eigenvalue weighted by Gasteiger charge is -2.18. The standard InChI is InChI=1S/C12H19N5O/c1-3-14-10-6-11(16-8(2)15-10)17-5-4-9(7-17)12(13)18/h6,9H,3-5,7H2,1-2H3,(H2,13,18)(H,14,15,16). The van der Waals surface area contributed by atoms with Crippen molar-refractivity contribution in [2.75, 3.05) is 29.9 Å². The molecule has 1 aliphatic heterocycles. The van der Waals surface area contributed by atoms with Crippen LogP contribution in [-0.2, 0) is 4.79 Å². The molecule has 6 nitrogen and oxygen atoms in total. The monoisotopic (exact) mass is 249 g/mol. The molecule has 0 aromatic carbocycles. The van der Waals surface area contributed by atoms with Crippen LogP contribution in [0.15, 0.2) is 6.07 Å². The SMILES string of the molecule is CCNc1cc(N2CCC(C(N)=O)C2)nc(C)n1. The number of carbonyl (C=O) groups excluding carboxylic acids is 1. The van der Waals surface area contributed by atoms with Gasteiger partial charge < -0.3 is 16.0 Å². The first kappa shape index (κ1) is 12.6. The van der Waals surface area contributed by atoms with Crippen LogP contribution in [0.25, 0.3) is 0 Å². The van der Waals surface area contributed by atoms with E-state index in [0.29, 0.717) is 6.54 Å². The zero-order chi connectivity index (χ0) is 13.1. The summed E-state index contributed by atoms with van der Waals surface area (Å²) >= 11 is 0. The average Bonchev–Trinajstić information content (AvgIpc) is 2.78. The van der Waals surface area contributed by atoms with Crippen molar-refractivity contribution in [1.82, 2.24) is 9.97 Å². The molecule has 0 bridgehead atoms. The third-order valence-electron chi connectivity index (χ3n) is 3.10. The van der Waals surface area contributed by atoms with E-state index in [1.807, 2.05) is 19.9 Å². The maximum absolute atomic E-state index is 11.2. The Kier molecular flexibility index (Phi) is 3.64. The van der Waals surface area contributed by atoms with Gasteiger partial charge in [0.2, 0.25) is 5.91 Å². The number of anilines is 2. The molecule has 3 N–H and O–H groups in total. The molecule has 2 rings (SSSR count). The third-order valence-corrected chi connectivity index (χ3v) is 3.10. The van der Waals surface area contributed by atoms with Gasteiger partial charge in [0.1, 0.15) is 17.5 Å². The summed E-state index contributed by atoms with van der Waals surface area (Å²) in [6, 6.07) is 1.92. The van der Waals surface area contributed by atoms with Crippen molar-refractivity contribution in [2.24, 2.45) is 11.7 Å². The largest absolute Gasteiger partial charge is 0.370 e. The van der Waals surface area contributed by atoms with Gasteiger partial charge in [-0.1, -0.05) is 0 Å². The predicted molar refractivity (Wildman–Crippen MR) is 70.4 cm³/mol. The van der Waals surface area contributed by atoms with Crippen LogP contribution >= 0.6 is 0 Å². The van der Waals surface area contributed by atoms with Crippen molar-refractivity contribution in [3.05, 3.63) is 11.9 Å². The number of hydrogen-bond acceptors (Lipinski definition) is 5. The third kappa shape index (κ3) is 2.69. The molecule has 0 radical (unpaired) electrons. The van der Waals surface area contributed by atoms with Crippen molar-refractivity contribution >= 4 is 17.5 Å². The van der Waals surface area contributed by atoms with Crippen LogP contribution in [0.2, 0.25) is 0 Å². The summed E-state index contributed by atoms with van der Waals surface area (Å²) < 4.78 is 0. The fourth-order valence-electron chi connectivity index (χ4n) is 2.19. The van der Waals surface area contributed by atoms with Crippen molar-refractivity contribution in [1.29, 1.82) is 0 Å². The fourth-order valence-corrected chi connectivity index (χ4v) is 2.19. The van der Waals surface area contributed by atoms with Crippen LogP contribution in [0, 0.1) is 12.8 Å². The average molecular weight is 249 g/mol. The molecule has 1 unspecified atom stereocenters. The molecule has 6 heteroatoms. The zero-order valence-electron chi connectivity index (χ0n) is 10.8. The normalized spacial score (nSPS) is 19.0. The maximum Gasteiger partial charge on any atom is 0.222 e. The van der Waals surface area contributed by atoms with Gasteiger partial charge in [-0.3, -0.25) is 4.79 Å². The number of aryl methyl sites for hydroxylation is 1. The van der Waals surface area contributed by atoms with Gasteiger partial charge in [0.05, 0.1) is 5.92 Å². The Morgan fingerprint density at radius 3 is 3.00 bits per heavy atom. The minimum absolute atomic E-state index is 0.0668. The van der Waals surface area contributed by atoms with Gasteiger partial charge in [-0.2, -0.15) is 0 Å². The molecule has 0 spiro atoms. The second-order valence-electron chi connectivity index (χ2n) is 4.52. The Morgan fingerprint density at radius 1 is 1.61 bits per heavy atom. The summed E-state index contributed by atoms with van der Waals surface area (Å²) in [5, 5.41) is 3.18. The Balaban J connectivity index is 2.16. The summed E-state index contributed by atoms with van der Waals surface area (Å²) in [4.78, 5) is 22.0. The first-order chi connectivity index (χ1) is 8.60. The van der Waals surface area contributed by atoms with Gasteiger partial charge in [0.25, 0.3) is 0 Å². The first-order valence-electron chi connectivity index (χ1n) is 6.24. The summed E-state index contributed by atoms with van der Waals surface area (Å²) in [6.07, 6.45) is 0.801. The number of rotatable bonds is 4. The fraction of sp³-hybridized carbons (Fsp3) is 0.583. The Morgan fingerprint density at radius 2 is 2.39 bits per heavy atom. The van der Waals surface area contributed by atoms with E-state index in [-0.39, 0.29) is 11.8 Å². The van der Waals surface area contributed by atoms with Crippen molar-refractivity contribution in [3.63, 3.8) is 0 Å². The lowest BCUT2D eigenvalue weighted by molar-refractivity contribution is -0.121. The molecule has 18 heavy (non-hydrogen) atoms. The Labute approximate surface area is 107 Å². The van der Waals surface area contributed by atoms with Gasteiger partial charge in [-0.05, 0) is 20.3 Å². The zero-order valence-corrected chi connectivity index (χ0v) is 10.8. The van der Waals surface area contributed by atoms with Gasteiger partial charge in [0, 0.05) is 25.7 Å². The molecule has 1 fully saturated rings. The molecule has 1 atom stereocenters. The summed E-state index contributed by atoms with van der Waals surface area (Å²) in [6.45, 7) is 6.18. The van der Waals surface area contributed by atoms with Gasteiger partial charge in [-0.25, -0.2) is 9.97 Å². The number of hydrogen-bond donors (Lipinski definition) is 2. The molecular formula is C12H19N5O. The molecular weight excluding hydrogens is 230 g/mol. The highest BCUT2D eigenvalue weighted by molar-refractivity contribution is 5.78. The molecule has 1 aromatic rings. The smallest absolute Gasteiger partial charge is 0.222 e.